The average molecular weight is 606 g/mol. The van der Waals surface area contributed by atoms with Gasteiger partial charge in [0.1, 0.15) is 5.84 Å². The van der Waals surface area contributed by atoms with Crippen LogP contribution in [0.4, 0.5) is 28.4 Å². The summed E-state index contributed by atoms with van der Waals surface area (Å²) in [6.45, 7) is 3.43. The van der Waals surface area contributed by atoms with E-state index >= 15 is 0 Å². The molecule has 1 aliphatic rings. The summed E-state index contributed by atoms with van der Waals surface area (Å²) >= 11 is 6.26. The number of hydrogen-bond donors (Lipinski definition) is 4. The third-order valence-corrected chi connectivity index (χ3v) is 7.38. The normalized spacial score (nSPS) is 16.6. The van der Waals surface area contributed by atoms with Crippen LogP contribution in [-0.4, -0.2) is 65.8 Å². The minimum absolute atomic E-state index is 0.0551. The average Bonchev–Trinajstić information content (AvgIpc) is 2.96. The third kappa shape index (κ3) is 8.72. The van der Waals surface area contributed by atoms with Crippen molar-refractivity contribution >= 4 is 40.9 Å². The van der Waals surface area contributed by atoms with Gasteiger partial charge in [-0.05, 0) is 42.0 Å². The van der Waals surface area contributed by atoms with Crippen LogP contribution in [0.25, 0.3) is 0 Å². The molecule has 6 N–H and O–H groups in total. The van der Waals surface area contributed by atoms with Crippen molar-refractivity contribution in [2.75, 3.05) is 26.2 Å². The summed E-state index contributed by atoms with van der Waals surface area (Å²) in [7, 11) is 0. The van der Waals surface area contributed by atoms with Gasteiger partial charge in [0.15, 0.2) is 0 Å². The molecule has 0 aromatic heterocycles. The second-order valence-corrected chi connectivity index (χ2v) is 10.4. The van der Waals surface area contributed by atoms with Crippen molar-refractivity contribution in [3.63, 3.8) is 0 Å². The first kappa shape index (κ1) is 32.5. The van der Waals surface area contributed by atoms with Gasteiger partial charge in [-0.15, -0.1) is 0 Å². The lowest BCUT2D eigenvalue weighted by Crippen LogP contribution is -2.47. The van der Waals surface area contributed by atoms with Crippen molar-refractivity contribution in [3.05, 3.63) is 76.0 Å². The first-order valence-electron chi connectivity index (χ1n) is 13.5. The fourth-order valence-corrected chi connectivity index (χ4v) is 4.54. The number of nitrogens with one attached hydrogen (secondary N) is 2. The van der Waals surface area contributed by atoms with Gasteiger partial charge in [-0.1, -0.05) is 61.8 Å². The second-order valence-electron chi connectivity index (χ2n) is 9.98. The Balaban J connectivity index is 1.84. The predicted octanol–water partition coefficient (Wildman–Crippen LogP) is 5.91. The number of halogens is 4. The van der Waals surface area contributed by atoms with Gasteiger partial charge in [0.25, 0.3) is 0 Å². The highest BCUT2D eigenvalue weighted by Gasteiger charge is 2.31. The molecule has 2 aromatic carbocycles. The van der Waals surface area contributed by atoms with E-state index in [1.54, 1.807) is 48.5 Å². The van der Waals surface area contributed by atoms with Gasteiger partial charge in [-0.3, -0.25) is 10.3 Å². The van der Waals surface area contributed by atoms with Crippen molar-refractivity contribution in [3.8, 4) is 0 Å². The van der Waals surface area contributed by atoms with Gasteiger partial charge in [0, 0.05) is 24.4 Å². The van der Waals surface area contributed by atoms with E-state index in [2.05, 4.69) is 10.3 Å². The number of alkyl halides is 3. The minimum Gasteiger partial charge on any atom is -0.400 e. The molecule has 1 unspecified atom stereocenters. The van der Waals surface area contributed by atoms with Crippen molar-refractivity contribution in [2.24, 2.45) is 16.5 Å². The van der Waals surface area contributed by atoms with Crippen molar-refractivity contribution in [2.45, 2.75) is 45.2 Å². The fraction of sp³-hybridized carbons (Fsp3) is 0.379. The summed E-state index contributed by atoms with van der Waals surface area (Å²) in [5.41, 5.74) is 14.8. The summed E-state index contributed by atoms with van der Waals surface area (Å²) in [6.07, 6.45) is -4.64. The van der Waals surface area contributed by atoms with E-state index in [-0.39, 0.29) is 43.5 Å². The molecule has 0 spiro atoms. The number of likely N-dealkylation sites (tertiary alicyclic amines) is 1. The number of primary amides is 1. The van der Waals surface area contributed by atoms with Crippen molar-refractivity contribution in [1.29, 1.82) is 5.41 Å². The summed E-state index contributed by atoms with van der Waals surface area (Å²) < 4.78 is 39.3. The predicted molar refractivity (Wildman–Crippen MR) is 158 cm³/mol. The molecule has 4 amide bonds. The SMILES string of the molecule is CCC(C)c1ccc(C(=N)N(CCC(F)(F)F)C(=O)NC/C(N)=C2\CCN(C(N)=O)CC2=Nc2ccccc2Cl)cc1. The lowest BCUT2D eigenvalue weighted by molar-refractivity contribution is -0.135. The van der Waals surface area contributed by atoms with Crippen LogP contribution in [0, 0.1) is 5.41 Å². The Kier molecular flexibility index (Phi) is 11.0. The molecular formula is C29H35ClF3N7O2. The van der Waals surface area contributed by atoms with E-state index in [9.17, 15) is 22.8 Å². The molecule has 0 aliphatic carbocycles. The Morgan fingerprint density at radius 3 is 2.43 bits per heavy atom. The molecule has 9 nitrogen and oxygen atoms in total. The zero-order chi connectivity index (χ0) is 31.0. The molecule has 226 valence electrons. The van der Waals surface area contributed by atoms with E-state index in [1.165, 1.54) is 4.90 Å². The maximum absolute atomic E-state index is 13.2. The maximum atomic E-state index is 13.2. The number of urea groups is 2. The number of rotatable bonds is 8. The Morgan fingerprint density at radius 1 is 1.17 bits per heavy atom. The number of carbonyl (C=O) groups is 2. The van der Waals surface area contributed by atoms with E-state index < -0.39 is 31.2 Å². The van der Waals surface area contributed by atoms with Gasteiger partial charge in [-0.25, -0.2) is 14.6 Å². The maximum Gasteiger partial charge on any atom is 0.390 e. The Morgan fingerprint density at radius 2 is 1.83 bits per heavy atom. The summed E-state index contributed by atoms with van der Waals surface area (Å²) in [5, 5.41) is 11.5. The first-order chi connectivity index (χ1) is 19.8. The largest absolute Gasteiger partial charge is 0.400 e. The number of hydrogen-bond acceptors (Lipinski definition) is 5. The van der Waals surface area contributed by atoms with Gasteiger partial charge >= 0.3 is 18.2 Å². The molecule has 0 saturated carbocycles. The number of amides is 4. The quantitative estimate of drug-likeness (QED) is 0.219. The van der Waals surface area contributed by atoms with Crippen molar-refractivity contribution < 1.29 is 22.8 Å². The molecule has 0 bridgehead atoms. The number of amidine groups is 1. The van der Waals surface area contributed by atoms with E-state index in [1.807, 2.05) is 13.8 Å². The summed E-state index contributed by atoms with van der Waals surface area (Å²) in [4.78, 5) is 31.7. The monoisotopic (exact) mass is 605 g/mol. The molecule has 1 atom stereocenters. The fourth-order valence-electron chi connectivity index (χ4n) is 4.36. The number of carbonyl (C=O) groups excluding carboxylic acids is 2. The molecule has 13 heteroatoms. The Hall–Kier alpha value is -4.06. The van der Waals surface area contributed by atoms with Crippen LogP contribution in [0.1, 0.15) is 50.2 Å². The topological polar surface area (TPSA) is 141 Å². The van der Waals surface area contributed by atoms with Crippen LogP contribution in [0.2, 0.25) is 5.02 Å². The highest BCUT2D eigenvalue weighted by molar-refractivity contribution is 6.33. The molecular weight excluding hydrogens is 571 g/mol. The molecule has 42 heavy (non-hydrogen) atoms. The smallest absolute Gasteiger partial charge is 0.390 e. The second kappa shape index (κ2) is 14.2. The van der Waals surface area contributed by atoms with E-state index in [4.69, 9.17) is 28.5 Å². The first-order valence-corrected chi connectivity index (χ1v) is 13.8. The number of nitrogens with two attached hydrogens (primary N) is 2. The number of piperidine rings is 1. The van der Waals surface area contributed by atoms with Gasteiger partial charge < -0.3 is 21.7 Å². The molecule has 1 saturated heterocycles. The molecule has 1 fully saturated rings. The van der Waals surface area contributed by atoms with Crippen LogP contribution in [0.5, 0.6) is 0 Å². The van der Waals surface area contributed by atoms with Crippen LogP contribution < -0.4 is 16.8 Å². The molecule has 3 rings (SSSR count). The van der Waals surface area contributed by atoms with Crippen LogP contribution >= 0.6 is 11.6 Å². The minimum atomic E-state index is -4.53. The number of para-hydroxylation sites is 1. The molecule has 1 heterocycles. The Labute approximate surface area is 247 Å². The van der Waals surface area contributed by atoms with E-state index in [0.29, 0.717) is 27.6 Å². The summed E-state index contributed by atoms with van der Waals surface area (Å²) in [5.74, 6) is -0.0931. The number of nitrogens with zero attached hydrogens (tertiary/aromatic N) is 3. The lowest BCUT2D eigenvalue weighted by Gasteiger charge is -2.30. The Bertz CT molecular complexity index is 1360. The van der Waals surface area contributed by atoms with Crippen molar-refractivity contribution in [1.82, 2.24) is 15.1 Å². The lowest BCUT2D eigenvalue weighted by atomic mass is 9.97. The van der Waals surface area contributed by atoms with Gasteiger partial charge in [-0.2, -0.15) is 13.2 Å². The molecule has 2 aromatic rings. The highest BCUT2D eigenvalue weighted by Crippen LogP contribution is 2.27. The molecule has 0 radical (unpaired) electrons. The zero-order valence-corrected chi connectivity index (χ0v) is 24.2. The molecule has 1 aliphatic heterocycles. The zero-order valence-electron chi connectivity index (χ0n) is 23.5. The number of benzene rings is 2. The van der Waals surface area contributed by atoms with Gasteiger partial charge in [0.2, 0.25) is 0 Å². The van der Waals surface area contributed by atoms with E-state index in [0.717, 1.165) is 16.9 Å². The summed E-state index contributed by atoms with van der Waals surface area (Å²) in [6, 6.07) is 12.1. The highest BCUT2D eigenvalue weighted by atomic mass is 35.5. The van der Waals surface area contributed by atoms with Gasteiger partial charge in [0.05, 0.1) is 35.9 Å². The van der Waals surface area contributed by atoms with Crippen LogP contribution in [0.3, 0.4) is 0 Å². The van der Waals surface area contributed by atoms with Crippen LogP contribution in [-0.2, 0) is 0 Å². The third-order valence-electron chi connectivity index (χ3n) is 7.06. The van der Waals surface area contributed by atoms with Crippen LogP contribution in [0.15, 0.2) is 64.8 Å². The number of aliphatic imine (C=N–C) groups is 1. The standard InChI is InChI=1S/C29H35ClF3N7O2/c1-3-18(2)19-8-10-20(11-9-19)26(35)40(15-13-29(31,32)33)28(42)37-16-23(34)21-12-14-39(27(36)41)17-25(21)38-24-7-5-4-6-22(24)30/h4-11,18,35H,3,12-17,34H2,1-2H3,(H2,36,41)(H,37,42)/b23-21-,35-26?,38-25?.